The molecule has 4 nitrogen and oxygen atoms in total. The fourth-order valence-electron chi connectivity index (χ4n) is 2.26. The van der Waals surface area contributed by atoms with Crippen molar-refractivity contribution in [3.8, 4) is 0 Å². The van der Waals surface area contributed by atoms with Crippen LogP contribution in [0.15, 0.2) is 0 Å². The van der Waals surface area contributed by atoms with Gasteiger partial charge in [-0.15, -0.1) is 0 Å². The maximum atomic E-state index is 11.7. The van der Waals surface area contributed by atoms with E-state index in [1.54, 1.807) is 0 Å². The number of hydrogen-bond donors (Lipinski definition) is 0. The van der Waals surface area contributed by atoms with Crippen LogP contribution in [-0.2, 0) is 19.1 Å². The molecule has 3 atom stereocenters. The van der Waals surface area contributed by atoms with Gasteiger partial charge in [0.2, 0.25) is 0 Å². The topological polar surface area (TPSA) is 59.2 Å². The van der Waals surface area contributed by atoms with Crippen LogP contribution in [0.5, 0.6) is 0 Å². The smallest absolute Gasteiger partial charge is 0.138 e. The number of ether oxygens (including phenoxy) is 2. The van der Waals surface area contributed by atoms with Gasteiger partial charge in [0.1, 0.15) is 11.6 Å². The average molecular weight is 268 g/mol. The molecule has 0 aromatic carbocycles. The van der Waals surface area contributed by atoms with E-state index in [1.807, 2.05) is 6.92 Å². The van der Waals surface area contributed by atoms with E-state index >= 15 is 0 Å². The number of ketones is 2. The summed E-state index contributed by atoms with van der Waals surface area (Å²) in [6, 6.07) is 0. The van der Waals surface area contributed by atoms with E-state index in [4.69, 9.17) is 9.47 Å². The Morgan fingerprint density at radius 1 is 1.05 bits per heavy atom. The summed E-state index contributed by atoms with van der Waals surface area (Å²) in [6.07, 6.45) is 6.21. The average Bonchev–Trinajstić information content (AvgIpc) is 3.24. The molecule has 19 heavy (non-hydrogen) atoms. The molecule has 0 aliphatic carbocycles. The van der Waals surface area contributed by atoms with Crippen molar-refractivity contribution >= 4 is 11.6 Å². The summed E-state index contributed by atoms with van der Waals surface area (Å²) in [4.78, 5) is 23.2. The van der Waals surface area contributed by atoms with Crippen LogP contribution in [0.4, 0.5) is 0 Å². The second kappa shape index (κ2) is 7.15. The standard InChI is InChI=1S/C15H24O4/c1-11(15(17)8-14-10-19-14)5-3-2-4-6-12(16)7-13-9-18-13/h11,13-14H,2-10H2,1H3/t11-,13?,14?/m0/s1. The molecule has 4 heteroatoms. The third kappa shape index (κ3) is 6.30. The normalized spacial score (nSPS) is 25.9. The van der Waals surface area contributed by atoms with Crippen molar-refractivity contribution in [2.24, 2.45) is 5.92 Å². The molecule has 0 saturated carbocycles. The zero-order chi connectivity index (χ0) is 13.7. The lowest BCUT2D eigenvalue weighted by molar-refractivity contribution is -0.123. The molecule has 2 rings (SSSR count). The zero-order valence-electron chi connectivity index (χ0n) is 11.7. The van der Waals surface area contributed by atoms with E-state index in [2.05, 4.69) is 0 Å². The molecule has 108 valence electrons. The summed E-state index contributed by atoms with van der Waals surface area (Å²) in [5.74, 6) is 0.779. The van der Waals surface area contributed by atoms with Gasteiger partial charge < -0.3 is 9.47 Å². The van der Waals surface area contributed by atoms with Crippen LogP contribution in [0, 0.1) is 5.92 Å². The Labute approximate surface area is 114 Å². The van der Waals surface area contributed by atoms with Crippen LogP contribution < -0.4 is 0 Å². The van der Waals surface area contributed by atoms with E-state index in [9.17, 15) is 9.59 Å². The van der Waals surface area contributed by atoms with Gasteiger partial charge >= 0.3 is 0 Å². The minimum absolute atomic E-state index is 0.139. The van der Waals surface area contributed by atoms with Crippen molar-refractivity contribution in [3.63, 3.8) is 0 Å². The maximum Gasteiger partial charge on any atom is 0.138 e. The maximum absolute atomic E-state index is 11.7. The number of carbonyl (C=O) groups excluding carboxylic acids is 2. The van der Waals surface area contributed by atoms with Crippen molar-refractivity contribution in [2.45, 2.75) is 64.1 Å². The summed E-state index contributed by atoms with van der Waals surface area (Å²) in [5, 5.41) is 0. The molecule has 2 saturated heterocycles. The third-order valence-electron chi connectivity index (χ3n) is 3.83. The van der Waals surface area contributed by atoms with Crippen molar-refractivity contribution in [3.05, 3.63) is 0 Å². The molecular formula is C15H24O4. The molecule has 0 radical (unpaired) electrons. The van der Waals surface area contributed by atoms with Crippen molar-refractivity contribution in [2.75, 3.05) is 13.2 Å². The Morgan fingerprint density at radius 3 is 2.32 bits per heavy atom. The molecule has 0 bridgehead atoms. The molecule has 0 amide bonds. The van der Waals surface area contributed by atoms with Crippen molar-refractivity contribution < 1.29 is 19.1 Å². The fraction of sp³-hybridized carbons (Fsp3) is 0.867. The minimum Gasteiger partial charge on any atom is -0.373 e. The van der Waals surface area contributed by atoms with Gasteiger partial charge in [0, 0.05) is 25.2 Å². The summed E-state index contributed by atoms with van der Waals surface area (Å²) < 4.78 is 10.1. The van der Waals surface area contributed by atoms with Gasteiger partial charge in [-0.05, 0) is 12.8 Å². The third-order valence-corrected chi connectivity index (χ3v) is 3.83. The fourth-order valence-corrected chi connectivity index (χ4v) is 2.26. The summed E-state index contributed by atoms with van der Waals surface area (Å²) in [5.41, 5.74) is 0. The molecule has 2 aliphatic rings. The Hall–Kier alpha value is -0.740. The first-order valence-electron chi connectivity index (χ1n) is 7.42. The molecule has 2 aliphatic heterocycles. The minimum atomic E-state index is 0.139. The summed E-state index contributed by atoms with van der Waals surface area (Å²) >= 11 is 0. The quantitative estimate of drug-likeness (QED) is 0.426. The molecular weight excluding hydrogens is 244 g/mol. The summed E-state index contributed by atoms with van der Waals surface area (Å²) in [6.45, 7) is 3.52. The van der Waals surface area contributed by atoms with Gasteiger partial charge in [0.25, 0.3) is 0 Å². The van der Waals surface area contributed by atoms with Gasteiger partial charge in [0.15, 0.2) is 0 Å². The molecule has 0 N–H and O–H groups in total. The number of rotatable bonds is 11. The lowest BCUT2D eigenvalue weighted by atomic mass is 9.95. The van der Waals surface area contributed by atoms with Crippen LogP contribution >= 0.6 is 0 Å². The van der Waals surface area contributed by atoms with Gasteiger partial charge in [-0.1, -0.05) is 19.8 Å². The highest BCUT2D eigenvalue weighted by molar-refractivity contribution is 5.81. The predicted molar refractivity (Wildman–Crippen MR) is 71.0 cm³/mol. The van der Waals surface area contributed by atoms with Crippen LogP contribution in [0.3, 0.4) is 0 Å². The molecule has 0 spiro atoms. The number of Topliss-reactive ketones (excluding diaryl/α,β-unsaturated/α-hetero) is 2. The SMILES string of the molecule is C[C@@H](CCCCCC(=O)CC1CO1)C(=O)CC1CO1. The van der Waals surface area contributed by atoms with Crippen molar-refractivity contribution in [1.29, 1.82) is 0 Å². The van der Waals surface area contributed by atoms with Crippen LogP contribution in [0.25, 0.3) is 0 Å². The van der Waals surface area contributed by atoms with Gasteiger partial charge in [-0.25, -0.2) is 0 Å². The van der Waals surface area contributed by atoms with Crippen LogP contribution in [-0.4, -0.2) is 37.0 Å². The Balaban J connectivity index is 1.43. The number of unbranched alkanes of at least 4 members (excludes halogenated alkanes) is 2. The highest BCUT2D eigenvalue weighted by Gasteiger charge is 2.27. The first-order valence-corrected chi connectivity index (χ1v) is 7.42. The monoisotopic (exact) mass is 268 g/mol. The number of carbonyl (C=O) groups is 2. The van der Waals surface area contributed by atoms with Gasteiger partial charge in [0.05, 0.1) is 25.4 Å². The second-order valence-corrected chi connectivity index (χ2v) is 5.82. The van der Waals surface area contributed by atoms with E-state index in [-0.39, 0.29) is 18.1 Å². The number of hydrogen-bond acceptors (Lipinski definition) is 4. The number of epoxide rings is 2. The van der Waals surface area contributed by atoms with Crippen LogP contribution in [0.2, 0.25) is 0 Å². The molecule has 0 aromatic rings. The Bertz CT molecular complexity index is 318. The molecule has 2 heterocycles. The molecule has 2 unspecified atom stereocenters. The molecule has 0 aromatic heterocycles. The van der Waals surface area contributed by atoms with Crippen LogP contribution in [0.1, 0.15) is 51.9 Å². The van der Waals surface area contributed by atoms with Gasteiger partial charge in [-0.3, -0.25) is 9.59 Å². The van der Waals surface area contributed by atoms with E-state index in [0.717, 1.165) is 38.9 Å². The predicted octanol–water partition coefficient (Wildman–Crippen LogP) is 2.29. The first kappa shape index (κ1) is 14.7. The highest BCUT2D eigenvalue weighted by atomic mass is 16.6. The largest absolute Gasteiger partial charge is 0.373 e. The Morgan fingerprint density at radius 2 is 1.68 bits per heavy atom. The zero-order valence-corrected chi connectivity index (χ0v) is 11.7. The lowest BCUT2D eigenvalue weighted by Gasteiger charge is -2.09. The van der Waals surface area contributed by atoms with Gasteiger partial charge in [-0.2, -0.15) is 0 Å². The molecule has 2 fully saturated rings. The van der Waals surface area contributed by atoms with E-state index < -0.39 is 0 Å². The summed E-state index contributed by atoms with van der Waals surface area (Å²) in [7, 11) is 0. The first-order chi connectivity index (χ1) is 9.15. The lowest BCUT2D eigenvalue weighted by Crippen LogP contribution is -2.13. The van der Waals surface area contributed by atoms with Crippen molar-refractivity contribution in [1.82, 2.24) is 0 Å². The van der Waals surface area contributed by atoms with E-state index in [1.165, 1.54) is 0 Å². The highest BCUT2D eigenvalue weighted by Crippen LogP contribution is 2.20. The van der Waals surface area contributed by atoms with E-state index in [0.29, 0.717) is 30.8 Å². The Kier molecular flexibility index (Phi) is 5.52. The second-order valence-electron chi connectivity index (χ2n) is 5.82.